The van der Waals surface area contributed by atoms with Crippen LogP contribution in [-0.4, -0.2) is 18.6 Å². The van der Waals surface area contributed by atoms with Crippen molar-refractivity contribution in [3.8, 4) is 0 Å². The van der Waals surface area contributed by atoms with E-state index in [1.807, 2.05) is 0 Å². The predicted molar refractivity (Wildman–Crippen MR) is 74.3 cm³/mol. The quantitative estimate of drug-likeness (QED) is 0.748. The molecule has 0 aromatic heterocycles. The molecule has 0 heterocycles. The van der Waals surface area contributed by atoms with E-state index >= 15 is 0 Å². The molecular weight excluding hydrogens is 295 g/mol. The molecule has 2 aromatic carbocycles. The van der Waals surface area contributed by atoms with Crippen LogP contribution in [0.2, 0.25) is 0 Å². The number of benzene rings is 2. The van der Waals surface area contributed by atoms with Gasteiger partial charge in [0.1, 0.15) is 0 Å². The molecule has 1 aliphatic carbocycles. The number of alkyl halides is 3. The molecule has 112 valence electrons. The van der Waals surface area contributed by atoms with E-state index in [0.717, 1.165) is 12.1 Å². The van der Waals surface area contributed by atoms with E-state index < -0.39 is 23.3 Å². The summed E-state index contributed by atoms with van der Waals surface area (Å²) in [5.74, 6) is -1.03. The molecule has 6 heteroatoms. The minimum Gasteiger partial charge on any atom is -0.387 e. The number of rotatable bonds is 1. The maximum absolute atomic E-state index is 13.1. The molecule has 0 saturated carbocycles. The lowest BCUT2D eigenvalue weighted by Crippen LogP contribution is -2.24. The summed E-state index contributed by atoms with van der Waals surface area (Å²) in [6, 6.07) is 8.01. The molecule has 3 rings (SSSR count). The van der Waals surface area contributed by atoms with Crippen LogP contribution in [0.5, 0.6) is 0 Å². The summed E-state index contributed by atoms with van der Waals surface area (Å²) in [6.07, 6.45) is -4.62. The van der Waals surface area contributed by atoms with Crippen LogP contribution in [0.25, 0.3) is 0 Å². The van der Waals surface area contributed by atoms with Gasteiger partial charge in [0, 0.05) is 23.7 Å². The van der Waals surface area contributed by atoms with Crippen LogP contribution in [0, 0.1) is 0 Å². The van der Waals surface area contributed by atoms with E-state index in [4.69, 9.17) is 0 Å². The van der Waals surface area contributed by atoms with Gasteiger partial charge in [0.05, 0.1) is 16.8 Å². The van der Waals surface area contributed by atoms with Gasteiger partial charge in [-0.25, -0.2) is 0 Å². The van der Waals surface area contributed by atoms with Gasteiger partial charge < -0.3 is 5.32 Å². The van der Waals surface area contributed by atoms with Gasteiger partial charge in [-0.05, 0) is 12.1 Å². The number of nitrogens with one attached hydrogen (secondary N) is 1. The third kappa shape index (κ3) is 1.91. The number of ketones is 2. The van der Waals surface area contributed by atoms with Crippen LogP contribution in [0.1, 0.15) is 37.4 Å². The smallest absolute Gasteiger partial charge is 0.387 e. The largest absolute Gasteiger partial charge is 0.418 e. The average molecular weight is 305 g/mol. The van der Waals surface area contributed by atoms with E-state index in [2.05, 4.69) is 5.32 Å². The predicted octanol–water partition coefficient (Wildman–Crippen LogP) is 3.52. The van der Waals surface area contributed by atoms with Crippen LogP contribution >= 0.6 is 0 Å². The van der Waals surface area contributed by atoms with Crippen molar-refractivity contribution in [3.63, 3.8) is 0 Å². The number of halogens is 3. The normalized spacial score (nSPS) is 13.6. The van der Waals surface area contributed by atoms with Crippen molar-refractivity contribution >= 4 is 17.3 Å². The Morgan fingerprint density at radius 2 is 1.45 bits per heavy atom. The lowest BCUT2D eigenvalue weighted by Gasteiger charge is -2.23. The third-order valence-electron chi connectivity index (χ3n) is 3.65. The maximum atomic E-state index is 13.1. The molecule has 1 aliphatic rings. The van der Waals surface area contributed by atoms with E-state index in [1.165, 1.54) is 19.2 Å². The Morgan fingerprint density at radius 3 is 2.00 bits per heavy atom. The fourth-order valence-electron chi connectivity index (χ4n) is 2.68. The summed E-state index contributed by atoms with van der Waals surface area (Å²) in [6.45, 7) is 0. The third-order valence-corrected chi connectivity index (χ3v) is 3.65. The molecule has 0 atom stereocenters. The first kappa shape index (κ1) is 14.3. The summed E-state index contributed by atoms with van der Waals surface area (Å²) < 4.78 is 39.3. The van der Waals surface area contributed by atoms with Crippen molar-refractivity contribution in [2.75, 3.05) is 12.4 Å². The van der Waals surface area contributed by atoms with Gasteiger partial charge in [0.25, 0.3) is 0 Å². The molecule has 0 aliphatic heterocycles. The number of hydrogen-bond donors (Lipinski definition) is 1. The van der Waals surface area contributed by atoms with Gasteiger partial charge in [0.15, 0.2) is 11.6 Å². The maximum Gasteiger partial charge on any atom is 0.418 e. The highest BCUT2D eigenvalue weighted by atomic mass is 19.4. The number of carbonyl (C=O) groups excluding carboxylic acids is 2. The Hall–Kier alpha value is -2.63. The number of anilines is 1. The highest BCUT2D eigenvalue weighted by Crippen LogP contribution is 2.40. The number of fused-ring (bicyclic) bond motifs is 2. The number of carbonyl (C=O) groups is 2. The lowest BCUT2D eigenvalue weighted by atomic mass is 9.82. The molecule has 2 aromatic rings. The summed E-state index contributed by atoms with van der Waals surface area (Å²) in [5.41, 5.74) is -1.23. The highest BCUT2D eigenvalue weighted by Gasteiger charge is 2.39. The van der Waals surface area contributed by atoms with Crippen LogP contribution in [0.15, 0.2) is 36.4 Å². The second kappa shape index (κ2) is 4.69. The van der Waals surface area contributed by atoms with Gasteiger partial charge >= 0.3 is 6.18 Å². The standard InChI is InChI=1S/C16H10F3NO2/c1-20-13-11(16(17,18)19)7-6-10-12(13)15(22)9-5-3-2-4-8(9)14(10)21/h2-7,20H,1H3. The fraction of sp³-hybridized carbons (Fsp3) is 0.125. The molecule has 0 amide bonds. The molecule has 22 heavy (non-hydrogen) atoms. The van der Waals surface area contributed by atoms with E-state index in [1.54, 1.807) is 12.1 Å². The van der Waals surface area contributed by atoms with E-state index in [0.29, 0.717) is 0 Å². The molecule has 3 nitrogen and oxygen atoms in total. The summed E-state index contributed by atoms with van der Waals surface area (Å²) in [4.78, 5) is 25.0. The van der Waals surface area contributed by atoms with Gasteiger partial charge in [-0.2, -0.15) is 13.2 Å². The first-order chi connectivity index (χ1) is 10.4. The molecular formula is C16H10F3NO2. The Balaban J connectivity index is 2.34. The van der Waals surface area contributed by atoms with Gasteiger partial charge in [-0.3, -0.25) is 9.59 Å². The number of hydrogen-bond acceptors (Lipinski definition) is 3. The minimum absolute atomic E-state index is 0.0129. The first-order valence-electron chi connectivity index (χ1n) is 6.46. The summed E-state index contributed by atoms with van der Waals surface area (Å²) in [5, 5.41) is 2.42. The molecule has 0 saturated heterocycles. The molecule has 0 spiro atoms. The topological polar surface area (TPSA) is 46.2 Å². The monoisotopic (exact) mass is 305 g/mol. The molecule has 1 N–H and O–H groups in total. The van der Waals surface area contributed by atoms with Crippen molar-refractivity contribution in [1.82, 2.24) is 0 Å². The molecule has 0 bridgehead atoms. The highest BCUT2D eigenvalue weighted by molar-refractivity contribution is 6.30. The minimum atomic E-state index is -4.62. The van der Waals surface area contributed by atoms with Gasteiger partial charge in [-0.15, -0.1) is 0 Å². The van der Waals surface area contributed by atoms with Crippen molar-refractivity contribution < 1.29 is 22.8 Å². The SMILES string of the molecule is CNc1c(C(F)(F)F)ccc2c1C(=O)c1ccccc1C2=O. The Labute approximate surface area is 123 Å². The van der Waals surface area contributed by atoms with Crippen molar-refractivity contribution in [2.45, 2.75) is 6.18 Å². The fourth-order valence-corrected chi connectivity index (χ4v) is 2.68. The summed E-state index contributed by atoms with van der Waals surface area (Å²) in [7, 11) is 1.29. The van der Waals surface area contributed by atoms with E-state index in [-0.39, 0.29) is 27.9 Å². The van der Waals surface area contributed by atoms with Crippen molar-refractivity contribution in [1.29, 1.82) is 0 Å². The van der Waals surface area contributed by atoms with E-state index in [9.17, 15) is 22.8 Å². The Kier molecular flexibility index (Phi) is 3.05. The molecule has 0 fully saturated rings. The lowest BCUT2D eigenvalue weighted by molar-refractivity contribution is -0.137. The van der Waals surface area contributed by atoms with Gasteiger partial charge in [-0.1, -0.05) is 24.3 Å². The molecule has 0 unspecified atom stereocenters. The average Bonchev–Trinajstić information content (AvgIpc) is 2.50. The summed E-state index contributed by atoms with van der Waals surface area (Å²) >= 11 is 0. The van der Waals surface area contributed by atoms with Crippen molar-refractivity contribution in [2.24, 2.45) is 0 Å². The van der Waals surface area contributed by atoms with Crippen molar-refractivity contribution in [3.05, 3.63) is 64.2 Å². The molecule has 0 radical (unpaired) electrons. The second-order valence-corrected chi connectivity index (χ2v) is 4.86. The van der Waals surface area contributed by atoms with Gasteiger partial charge in [0.2, 0.25) is 0 Å². The van der Waals surface area contributed by atoms with Crippen LogP contribution in [0.4, 0.5) is 18.9 Å². The van der Waals surface area contributed by atoms with Crippen LogP contribution < -0.4 is 5.32 Å². The second-order valence-electron chi connectivity index (χ2n) is 4.86. The zero-order chi connectivity index (χ0) is 16.1. The Morgan fingerprint density at radius 1 is 0.864 bits per heavy atom. The Bertz CT molecular complexity index is 810. The van der Waals surface area contributed by atoms with Crippen LogP contribution in [-0.2, 0) is 6.18 Å². The zero-order valence-corrected chi connectivity index (χ0v) is 11.4. The zero-order valence-electron chi connectivity index (χ0n) is 11.4. The van der Waals surface area contributed by atoms with Crippen LogP contribution in [0.3, 0.4) is 0 Å². The first-order valence-corrected chi connectivity index (χ1v) is 6.46.